The molecule has 2 atom stereocenters. The first-order valence-corrected chi connectivity index (χ1v) is 11.5. The summed E-state index contributed by atoms with van der Waals surface area (Å²) in [6, 6.07) is 9.32. The number of benzene rings is 1. The molecule has 3 aromatic rings. The highest BCUT2D eigenvalue weighted by molar-refractivity contribution is 7.89. The summed E-state index contributed by atoms with van der Waals surface area (Å²) in [5.74, 6) is 0.289. The number of carboxylic acid groups (broad SMARTS) is 1. The van der Waals surface area contributed by atoms with Crippen LogP contribution in [-0.4, -0.2) is 71.5 Å². The van der Waals surface area contributed by atoms with E-state index in [-0.39, 0.29) is 29.7 Å². The van der Waals surface area contributed by atoms with E-state index >= 15 is 0 Å². The van der Waals surface area contributed by atoms with E-state index < -0.39 is 10.0 Å². The van der Waals surface area contributed by atoms with E-state index in [9.17, 15) is 13.2 Å². The van der Waals surface area contributed by atoms with Crippen molar-refractivity contribution in [3.8, 4) is 11.4 Å². The summed E-state index contributed by atoms with van der Waals surface area (Å²) in [5, 5.41) is 7.83. The number of aromatic nitrogens is 3. The van der Waals surface area contributed by atoms with Crippen LogP contribution in [0.5, 0.6) is 0 Å². The van der Waals surface area contributed by atoms with Crippen LogP contribution < -0.4 is 5.56 Å². The highest BCUT2D eigenvalue weighted by atomic mass is 32.2. The number of carbonyl (C=O) groups is 1. The summed E-state index contributed by atoms with van der Waals surface area (Å²) in [6.07, 6.45) is 3.43. The van der Waals surface area contributed by atoms with Gasteiger partial charge in [-0.05, 0) is 17.5 Å². The van der Waals surface area contributed by atoms with Crippen LogP contribution in [0.2, 0.25) is 0 Å². The number of rotatable bonds is 5. The van der Waals surface area contributed by atoms with Crippen LogP contribution in [-0.2, 0) is 26.6 Å². The Morgan fingerprint density at radius 1 is 1.28 bits per heavy atom. The van der Waals surface area contributed by atoms with Crippen LogP contribution in [0.15, 0.2) is 47.5 Å². The molecule has 0 saturated carbocycles. The largest absolute Gasteiger partial charge is 0.483 e. The Morgan fingerprint density at radius 3 is 2.66 bits per heavy atom. The molecule has 1 saturated heterocycles. The average Bonchev–Trinajstić information content (AvgIpc) is 3.40. The maximum Gasteiger partial charge on any atom is 0.290 e. The van der Waals surface area contributed by atoms with Gasteiger partial charge in [0.2, 0.25) is 10.0 Å². The number of nitrogens with zero attached hydrogens (tertiary/aromatic N) is 4. The highest BCUT2D eigenvalue weighted by Gasteiger charge is 2.35. The third kappa shape index (κ3) is 4.59. The topological polar surface area (TPSA) is 124 Å². The Balaban J connectivity index is 0.000000913. The Labute approximate surface area is 185 Å². The standard InChI is InChI=1S/C20H24N4O4S.CH2O2/c1-22(2)29(26,27)13-15-11-28-12-18(15)24-9-8-21-19(24)16-10-14-6-4-5-7-17(14)23(3)20(16)25;2-1-3/h4-10,15,18H,11-13H2,1-3H3;1H,(H,2,3)/t15-,18+;/m0./s1. The molecule has 2 aromatic heterocycles. The zero-order chi connectivity index (χ0) is 23.5. The first-order valence-electron chi connectivity index (χ1n) is 9.89. The minimum atomic E-state index is -3.37. The Morgan fingerprint density at radius 2 is 1.97 bits per heavy atom. The van der Waals surface area contributed by atoms with E-state index in [0.29, 0.717) is 24.6 Å². The number of aryl methyl sites for hydroxylation is 1. The van der Waals surface area contributed by atoms with Gasteiger partial charge in [0.05, 0.1) is 36.1 Å². The lowest BCUT2D eigenvalue weighted by atomic mass is 10.1. The first kappa shape index (κ1) is 23.6. The minimum Gasteiger partial charge on any atom is -0.483 e. The third-order valence-electron chi connectivity index (χ3n) is 5.55. The molecule has 0 bridgehead atoms. The quantitative estimate of drug-likeness (QED) is 0.565. The number of sulfonamides is 1. The lowest BCUT2D eigenvalue weighted by molar-refractivity contribution is -0.122. The predicted octanol–water partition coefficient (Wildman–Crippen LogP) is 1.18. The second-order valence-electron chi connectivity index (χ2n) is 7.67. The average molecular weight is 463 g/mol. The Kier molecular flexibility index (Phi) is 7.12. The van der Waals surface area contributed by atoms with Gasteiger partial charge in [0.1, 0.15) is 5.82 Å². The smallest absolute Gasteiger partial charge is 0.290 e. The first-order chi connectivity index (χ1) is 15.2. The molecule has 3 heterocycles. The van der Waals surface area contributed by atoms with E-state index in [2.05, 4.69) is 4.98 Å². The van der Waals surface area contributed by atoms with E-state index in [1.807, 2.05) is 34.9 Å². The van der Waals surface area contributed by atoms with Crippen molar-refractivity contribution in [2.24, 2.45) is 13.0 Å². The fourth-order valence-corrected chi connectivity index (χ4v) is 5.00. The van der Waals surface area contributed by atoms with E-state index in [1.54, 1.807) is 24.0 Å². The van der Waals surface area contributed by atoms with Crippen LogP contribution in [0.1, 0.15) is 6.04 Å². The zero-order valence-corrected chi connectivity index (χ0v) is 18.9. The van der Waals surface area contributed by atoms with Crippen LogP contribution in [0.4, 0.5) is 0 Å². The zero-order valence-electron chi connectivity index (χ0n) is 18.1. The molecular formula is C21H26N4O6S. The van der Waals surface area contributed by atoms with Crippen molar-refractivity contribution in [1.82, 2.24) is 18.4 Å². The van der Waals surface area contributed by atoms with Gasteiger partial charge in [0, 0.05) is 39.5 Å². The van der Waals surface area contributed by atoms with E-state index in [1.165, 1.54) is 18.4 Å². The lowest BCUT2D eigenvalue weighted by Crippen LogP contribution is -2.32. The Hall–Kier alpha value is -3.02. The van der Waals surface area contributed by atoms with Gasteiger partial charge >= 0.3 is 0 Å². The summed E-state index contributed by atoms with van der Waals surface area (Å²) in [7, 11) is 1.43. The number of hydrogen-bond donors (Lipinski definition) is 1. The molecule has 0 amide bonds. The molecule has 4 rings (SSSR count). The van der Waals surface area contributed by atoms with E-state index in [0.717, 1.165) is 10.9 Å². The third-order valence-corrected chi connectivity index (χ3v) is 7.51. The predicted molar refractivity (Wildman–Crippen MR) is 120 cm³/mol. The van der Waals surface area contributed by atoms with Crippen molar-refractivity contribution in [3.63, 3.8) is 0 Å². The maximum atomic E-state index is 13.0. The number of hydrogen-bond acceptors (Lipinski definition) is 6. The molecule has 32 heavy (non-hydrogen) atoms. The highest BCUT2D eigenvalue weighted by Crippen LogP contribution is 2.31. The second-order valence-corrected chi connectivity index (χ2v) is 9.90. The number of pyridine rings is 1. The van der Waals surface area contributed by atoms with Gasteiger partial charge in [-0.25, -0.2) is 17.7 Å². The molecule has 172 valence electrons. The summed E-state index contributed by atoms with van der Waals surface area (Å²) < 4.78 is 35.1. The molecule has 0 unspecified atom stereocenters. The number of fused-ring (bicyclic) bond motifs is 1. The number of imidazole rings is 1. The molecule has 1 aliphatic rings. The van der Waals surface area contributed by atoms with Crippen LogP contribution in [0.3, 0.4) is 0 Å². The molecule has 1 N–H and O–H groups in total. The molecular weight excluding hydrogens is 436 g/mol. The molecule has 11 heteroatoms. The normalized spacial score (nSPS) is 18.5. The molecule has 1 aromatic carbocycles. The molecule has 0 radical (unpaired) electrons. The SMILES string of the molecule is CN(C)S(=O)(=O)C[C@@H]1COC[C@H]1n1ccnc1-c1cc2ccccc2n(C)c1=O.O=CO. The minimum absolute atomic E-state index is 0.0159. The van der Waals surface area contributed by atoms with Gasteiger partial charge in [0.15, 0.2) is 0 Å². The van der Waals surface area contributed by atoms with Crippen molar-refractivity contribution in [2.45, 2.75) is 6.04 Å². The van der Waals surface area contributed by atoms with Crippen LogP contribution in [0.25, 0.3) is 22.3 Å². The van der Waals surface area contributed by atoms with E-state index in [4.69, 9.17) is 14.6 Å². The van der Waals surface area contributed by atoms with Crippen molar-refractivity contribution < 1.29 is 23.1 Å². The molecule has 1 aliphatic heterocycles. The summed E-state index contributed by atoms with van der Waals surface area (Å²) in [6.45, 7) is 0.482. The fraction of sp³-hybridized carbons (Fsp3) is 0.381. The summed E-state index contributed by atoms with van der Waals surface area (Å²) in [5.41, 5.74) is 1.18. The number of ether oxygens (including phenoxy) is 1. The van der Waals surface area contributed by atoms with Gasteiger partial charge < -0.3 is 19.0 Å². The fourth-order valence-electron chi connectivity index (χ4n) is 3.85. The van der Waals surface area contributed by atoms with Crippen LogP contribution in [0, 0.1) is 5.92 Å². The monoisotopic (exact) mass is 462 g/mol. The van der Waals surface area contributed by atoms with Gasteiger partial charge in [-0.15, -0.1) is 0 Å². The molecule has 0 aliphatic carbocycles. The maximum absolute atomic E-state index is 13.0. The lowest BCUT2D eigenvalue weighted by Gasteiger charge is -2.22. The van der Waals surface area contributed by atoms with Crippen LogP contribution >= 0.6 is 0 Å². The number of para-hydroxylation sites is 1. The van der Waals surface area contributed by atoms with Crippen molar-refractivity contribution in [3.05, 3.63) is 53.1 Å². The van der Waals surface area contributed by atoms with Crippen molar-refractivity contribution in [1.29, 1.82) is 0 Å². The molecule has 10 nitrogen and oxygen atoms in total. The second kappa shape index (κ2) is 9.63. The van der Waals surface area contributed by atoms with Gasteiger partial charge in [-0.1, -0.05) is 18.2 Å². The summed E-state index contributed by atoms with van der Waals surface area (Å²) >= 11 is 0. The molecule has 0 spiro atoms. The summed E-state index contributed by atoms with van der Waals surface area (Å²) in [4.78, 5) is 25.8. The molecule has 1 fully saturated rings. The van der Waals surface area contributed by atoms with Crippen molar-refractivity contribution >= 4 is 27.4 Å². The van der Waals surface area contributed by atoms with Gasteiger partial charge in [-0.2, -0.15) is 0 Å². The van der Waals surface area contributed by atoms with Crippen molar-refractivity contribution in [2.75, 3.05) is 33.1 Å². The van der Waals surface area contributed by atoms with Gasteiger partial charge in [0.25, 0.3) is 12.0 Å². The van der Waals surface area contributed by atoms with Gasteiger partial charge in [-0.3, -0.25) is 9.59 Å². The Bertz CT molecular complexity index is 1260.